The molecule has 4 aromatic heterocycles. The molecule has 2 aliphatic carbocycles. The number of hydrogen-bond donors (Lipinski definition) is 2. The summed E-state index contributed by atoms with van der Waals surface area (Å²) < 4.78 is 145. The number of benzene rings is 2. The molecule has 1 amide bonds. The smallest absolute Gasteiger partial charge is 0.293 e. The third-order valence-corrected chi connectivity index (χ3v) is 10.7. The van der Waals surface area contributed by atoms with Crippen LogP contribution >= 0.6 is 11.6 Å². The maximum Gasteiger partial charge on any atom is 0.293 e. The first-order chi connectivity index (χ1) is 27.3. The molecule has 0 bridgehead atoms. The van der Waals surface area contributed by atoms with Gasteiger partial charge in [-0.1, -0.05) is 11.6 Å². The third-order valence-electron chi connectivity index (χ3n) is 9.79. The van der Waals surface area contributed by atoms with Crippen LogP contribution in [0, 0.1) is 17.6 Å². The van der Waals surface area contributed by atoms with Crippen LogP contribution in [0.1, 0.15) is 53.1 Å². The lowest BCUT2D eigenvalue weighted by Crippen LogP contribution is -2.38. The van der Waals surface area contributed by atoms with Gasteiger partial charge in [0.25, 0.3) is 24.3 Å². The number of carbonyl (C=O) groups is 1. The summed E-state index contributed by atoms with van der Waals surface area (Å²) in [6, 6.07) is 5.80. The van der Waals surface area contributed by atoms with Crippen LogP contribution in [0.4, 0.5) is 40.9 Å². The first-order valence-corrected chi connectivity index (χ1v) is 19.4. The Labute approximate surface area is 325 Å². The average Bonchev–Trinajstić information content (AvgIpc) is 3.65. The SMILES string of the molecule is CS(=O)(=O)Nc1nn(CC(F)F)c2c(-n3c([C@H](Cc4cc(F)cc(F)c4)NC(=O)Cn4nc(C(F)F)c5c4C(F)(F)[C@@H]4C[C@H]54)nc4ncccc4c3=O)ccc(Cl)c12. The van der Waals surface area contributed by atoms with Crippen molar-refractivity contribution < 1.29 is 48.3 Å². The van der Waals surface area contributed by atoms with Gasteiger partial charge in [0.05, 0.1) is 39.3 Å². The van der Waals surface area contributed by atoms with E-state index in [1.807, 2.05) is 0 Å². The van der Waals surface area contributed by atoms with Crippen LogP contribution in [0.25, 0.3) is 27.6 Å². The number of carbonyl (C=O) groups excluding carboxylic acids is 1. The molecule has 3 atom stereocenters. The van der Waals surface area contributed by atoms with Gasteiger partial charge >= 0.3 is 0 Å². The lowest BCUT2D eigenvalue weighted by molar-refractivity contribution is -0.123. The van der Waals surface area contributed by atoms with E-state index in [0.717, 1.165) is 23.0 Å². The fourth-order valence-electron chi connectivity index (χ4n) is 7.58. The van der Waals surface area contributed by atoms with Crippen LogP contribution in [0.5, 0.6) is 0 Å². The van der Waals surface area contributed by atoms with Crippen molar-refractivity contribution in [3.05, 3.63) is 104 Å². The fraction of sp³-hybridized carbons (Fsp3) is 0.314. The lowest BCUT2D eigenvalue weighted by Gasteiger charge is -2.24. The molecule has 6 aromatic rings. The van der Waals surface area contributed by atoms with E-state index in [2.05, 4.69) is 30.2 Å². The van der Waals surface area contributed by atoms with Gasteiger partial charge in [0.15, 0.2) is 11.5 Å². The normalized spacial score (nSPS) is 17.6. The number of sulfonamides is 1. The molecule has 58 heavy (non-hydrogen) atoms. The molecule has 1 fully saturated rings. The minimum atomic E-state index is -4.10. The predicted molar refractivity (Wildman–Crippen MR) is 191 cm³/mol. The van der Waals surface area contributed by atoms with Gasteiger partial charge in [-0.2, -0.15) is 19.0 Å². The van der Waals surface area contributed by atoms with Gasteiger partial charge in [-0.25, -0.2) is 44.7 Å². The second-order valence-corrected chi connectivity index (χ2v) is 16.0. The maximum absolute atomic E-state index is 15.4. The van der Waals surface area contributed by atoms with Crippen LogP contribution in [0.2, 0.25) is 5.02 Å². The summed E-state index contributed by atoms with van der Waals surface area (Å²) in [7, 11) is -4.10. The number of hydrogen-bond acceptors (Lipinski definition) is 8. The Kier molecular flexibility index (Phi) is 9.48. The van der Waals surface area contributed by atoms with Gasteiger partial charge in [0.1, 0.15) is 41.9 Å². The number of fused-ring (bicyclic) bond motifs is 5. The van der Waals surface area contributed by atoms with Gasteiger partial charge in [-0.3, -0.25) is 28.2 Å². The summed E-state index contributed by atoms with van der Waals surface area (Å²) in [5.74, 6) is -9.86. The summed E-state index contributed by atoms with van der Waals surface area (Å²) in [6.07, 6.45) is -4.90. The number of amides is 1. The molecule has 13 nitrogen and oxygen atoms in total. The molecule has 0 saturated heterocycles. The average molecular weight is 856 g/mol. The largest absolute Gasteiger partial charge is 0.344 e. The van der Waals surface area contributed by atoms with Gasteiger partial charge < -0.3 is 5.32 Å². The molecule has 1 saturated carbocycles. The molecule has 2 N–H and O–H groups in total. The van der Waals surface area contributed by atoms with Crippen LogP contribution in [-0.4, -0.2) is 61.1 Å². The summed E-state index contributed by atoms with van der Waals surface area (Å²) in [6.45, 7) is -2.20. The monoisotopic (exact) mass is 855 g/mol. The molecule has 2 aliphatic rings. The zero-order valence-electron chi connectivity index (χ0n) is 29.4. The van der Waals surface area contributed by atoms with Gasteiger partial charge in [-0.15, -0.1) is 0 Å². The number of nitrogens with one attached hydrogen (secondary N) is 2. The summed E-state index contributed by atoms with van der Waals surface area (Å²) >= 11 is 6.49. The van der Waals surface area contributed by atoms with Gasteiger partial charge in [0, 0.05) is 30.2 Å². The number of nitrogens with zero attached hydrogens (tertiary/aromatic N) is 7. The van der Waals surface area contributed by atoms with Crippen LogP contribution in [0.15, 0.2) is 53.5 Å². The fourth-order valence-corrected chi connectivity index (χ4v) is 8.32. The van der Waals surface area contributed by atoms with Crippen molar-refractivity contribution in [2.75, 3.05) is 11.0 Å². The summed E-state index contributed by atoms with van der Waals surface area (Å²) in [4.78, 5) is 37.1. The molecule has 0 aliphatic heterocycles. The van der Waals surface area contributed by atoms with Crippen molar-refractivity contribution >= 4 is 55.3 Å². The van der Waals surface area contributed by atoms with E-state index >= 15 is 8.78 Å². The Morgan fingerprint density at radius 2 is 1.78 bits per heavy atom. The van der Waals surface area contributed by atoms with E-state index in [1.54, 1.807) is 0 Å². The number of halogens is 9. The molecule has 0 radical (unpaired) electrons. The second-order valence-electron chi connectivity index (χ2n) is 13.9. The highest BCUT2D eigenvalue weighted by atomic mass is 35.5. The zero-order valence-corrected chi connectivity index (χ0v) is 31.0. The van der Waals surface area contributed by atoms with E-state index in [1.165, 1.54) is 30.5 Å². The van der Waals surface area contributed by atoms with Gasteiger partial charge in [0.2, 0.25) is 15.9 Å². The first-order valence-electron chi connectivity index (χ1n) is 17.2. The Morgan fingerprint density at radius 3 is 2.45 bits per heavy atom. The lowest BCUT2D eigenvalue weighted by atomic mass is 10.0. The quantitative estimate of drug-likeness (QED) is 0.139. The number of pyridine rings is 1. The van der Waals surface area contributed by atoms with E-state index in [9.17, 15) is 44.3 Å². The highest BCUT2D eigenvalue weighted by molar-refractivity contribution is 7.92. The van der Waals surface area contributed by atoms with Crippen LogP contribution in [-0.2, 0) is 40.3 Å². The van der Waals surface area contributed by atoms with Crippen molar-refractivity contribution in [3.63, 3.8) is 0 Å². The molecule has 0 unspecified atom stereocenters. The topological polar surface area (TPSA) is 159 Å². The van der Waals surface area contributed by atoms with E-state index in [4.69, 9.17) is 11.6 Å². The summed E-state index contributed by atoms with van der Waals surface area (Å²) in [5.41, 5.74) is -3.97. The highest BCUT2D eigenvalue weighted by Gasteiger charge is 2.67. The van der Waals surface area contributed by atoms with E-state index in [-0.39, 0.29) is 50.2 Å². The zero-order chi connectivity index (χ0) is 41.6. The predicted octanol–water partition coefficient (Wildman–Crippen LogP) is 6.14. The van der Waals surface area contributed by atoms with Crippen LogP contribution < -0.4 is 15.6 Å². The Hall–Kier alpha value is -5.64. The first kappa shape index (κ1) is 39.2. The molecule has 23 heteroatoms. The molecule has 4 heterocycles. The number of aromatic nitrogens is 7. The van der Waals surface area contributed by atoms with E-state index in [0.29, 0.717) is 15.4 Å². The Balaban J connectivity index is 1.33. The maximum atomic E-state index is 15.4. The minimum absolute atomic E-state index is 0.0386. The Morgan fingerprint density at radius 1 is 1.05 bits per heavy atom. The molecule has 0 spiro atoms. The standard InChI is InChI=1S/C35H26ClF8N9O4S/c1-58(56,57)50-32-26-20(36)4-5-22(28(26)51(49-32)12-23(39)40)53-33(47-31-17(34(53)55)3-2-6-45-31)21(9-14-7-15(37)10-16(38)8-14)46-24(54)13-52-29-25(27(48-52)30(41)42)18-11-19(18)35(29,43)44/h2-8,10,18-19,21,23,30H,9,11-13H2,1H3,(H,46,54)(H,49,50)/t18-,19+,21-/m0/s1. The molecular weight excluding hydrogens is 830 g/mol. The number of anilines is 1. The molecule has 304 valence electrons. The molecular formula is C35H26ClF8N9O4S. The van der Waals surface area contributed by atoms with Crippen LogP contribution in [0.3, 0.4) is 0 Å². The minimum Gasteiger partial charge on any atom is -0.344 e. The third kappa shape index (κ3) is 6.90. The number of rotatable bonds is 12. The summed E-state index contributed by atoms with van der Waals surface area (Å²) in [5, 5.41) is 9.60. The van der Waals surface area contributed by atoms with Crippen molar-refractivity contribution in [2.24, 2.45) is 5.92 Å². The number of alkyl halides is 6. The van der Waals surface area contributed by atoms with Crippen molar-refractivity contribution in [1.29, 1.82) is 0 Å². The van der Waals surface area contributed by atoms with Gasteiger partial charge in [-0.05, 0) is 54.3 Å². The highest BCUT2D eigenvalue weighted by Crippen LogP contribution is 2.68. The molecule has 2 aromatic carbocycles. The molecule has 8 rings (SSSR count). The second kappa shape index (κ2) is 14.0. The van der Waals surface area contributed by atoms with Crippen molar-refractivity contribution in [2.45, 2.75) is 56.7 Å². The Bertz CT molecular complexity index is 2830. The van der Waals surface area contributed by atoms with Crippen molar-refractivity contribution in [3.8, 4) is 5.69 Å². The van der Waals surface area contributed by atoms with E-state index < -0.39 is 112 Å². The van der Waals surface area contributed by atoms with Crippen molar-refractivity contribution in [1.82, 2.24) is 39.4 Å².